The minimum Gasteiger partial charge on any atom is -0.504 e. The summed E-state index contributed by atoms with van der Waals surface area (Å²) in [7, 11) is 0. The number of aromatic hydroxyl groups is 1. The van der Waals surface area contributed by atoms with Gasteiger partial charge in [0, 0.05) is 5.56 Å². The highest BCUT2D eigenvalue weighted by atomic mass is 16.5. The molecule has 2 saturated carbocycles. The molecule has 6 rings (SSSR count). The van der Waals surface area contributed by atoms with Crippen LogP contribution < -0.4 is 4.74 Å². The van der Waals surface area contributed by atoms with E-state index >= 15 is 0 Å². The second kappa shape index (κ2) is 3.42. The Balaban J connectivity index is 1.76. The monoisotopic (exact) mass is 294 g/mol. The normalized spacial score (nSPS) is 45.6. The van der Waals surface area contributed by atoms with Gasteiger partial charge in [-0.25, -0.2) is 0 Å². The average molecular weight is 294 g/mol. The highest BCUT2D eigenvalue weighted by Crippen LogP contribution is 2.72. The predicted octanol–water partition coefficient (Wildman–Crippen LogP) is 2.75. The van der Waals surface area contributed by atoms with Crippen LogP contribution in [0.5, 0.6) is 11.5 Å². The van der Waals surface area contributed by atoms with Gasteiger partial charge >= 0.3 is 0 Å². The van der Waals surface area contributed by atoms with E-state index in [1.54, 1.807) is 12.1 Å². The summed E-state index contributed by atoms with van der Waals surface area (Å²) in [5.41, 5.74) is 2.32. The van der Waals surface area contributed by atoms with Gasteiger partial charge in [-0.1, -0.05) is 18.6 Å². The molecule has 0 saturated heterocycles. The Morgan fingerprint density at radius 2 is 2.14 bits per heavy atom. The van der Waals surface area contributed by atoms with Gasteiger partial charge in [0.15, 0.2) is 23.4 Å². The molecule has 0 aromatic heterocycles. The summed E-state index contributed by atoms with van der Waals surface area (Å²) in [4.78, 5) is 12.6. The molecule has 3 nitrogen and oxygen atoms in total. The molecule has 1 N–H and O–H groups in total. The molecule has 112 valence electrons. The molecular weight excluding hydrogens is 276 g/mol. The summed E-state index contributed by atoms with van der Waals surface area (Å²) >= 11 is 0. The maximum absolute atomic E-state index is 12.6. The summed E-state index contributed by atoms with van der Waals surface area (Å²) in [6.07, 6.45) is 8.36. The number of hydrogen-bond acceptors (Lipinski definition) is 3. The SMILES string of the molecule is O=C1C=C[C@H]2[C@@H]3CCCC4C3Cc3ccc(O)c5c3[C@]42[C@H]1O5. The Kier molecular flexibility index (Phi) is 1.83. The van der Waals surface area contributed by atoms with Crippen molar-refractivity contribution in [1.82, 2.24) is 0 Å². The lowest BCUT2D eigenvalue weighted by molar-refractivity contribution is -0.125. The minimum absolute atomic E-state index is 0.0889. The van der Waals surface area contributed by atoms with E-state index in [4.69, 9.17) is 4.74 Å². The van der Waals surface area contributed by atoms with Gasteiger partial charge < -0.3 is 9.84 Å². The van der Waals surface area contributed by atoms with Crippen LogP contribution in [0.4, 0.5) is 0 Å². The molecular formula is C19H18O3. The molecule has 1 aliphatic heterocycles. The van der Waals surface area contributed by atoms with Crippen LogP contribution in [-0.2, 0) is 16.6 Å². The fourth-order valence-electron chi connectivity index (χ4n) is 6.81. The molecule has 1 aromatic carbocycles. The molecule has 2 unspecified atom stereocenters. The molecule has 3 heteroatoms. The van der Waals surface area contributed by atoms with E-state index in [1.165, 1.54) is 30.4 Å². The summed E-state index contributed by atoms with van der Waals surface area (Å²) in [5, 5.41) is 10.3. The van der Waals surface area contributed by atoms with E-state index in [2.05, 4.69) is 12.1 Å². The Labute approximate surface area is 129 Å². The van der Waals surface area contributed by atoms with Crippen LogP contribution in [-0.4, -0.2) is 17.0 Å². The number of carbonyl (C=O) groups is 1. The molecule has 2 fully saturated rings. The topological polar surface area (TPSA) is 46.5 Å². The van der Waals surface area contributed by atoms with Crippen molar-refractivity contribution in [3.63, 3.8) is 0 Å². The molecule has 6 atom stereocenters. The third-order valence-corrected chi connectivity index (χ3v) is 7.25. The lowest BCUT2D eigenvalue weighted by Gasteiger charge is -2.44. The van der Waals surface area contributed by atoms with Crippen molar-refractivity contribution in [3.8, 4) is 11.5 Å². The first-order valence-corrected chi connectivity index (χ1v) is 8.47. The standard InChI is InChI=1S/C19H18O3/c20-14-6-4-9-8-11-10-2-1-3-12(11)19-13(10)5-7-15(21)18(19)22-17(14)16(9)19/h4-7,10-13,18,20H,1-3,8H2/t10-,11?,12?,13+,18+,19+/m1/s1. The second-order valence-corrected chi connectivity index (χ2v) is 7.74. The van der Waals surface area contributed by atoms with Crippen molar-refractivity contribution in [1.29, 1.82) is 0 Å². The van der Waals surface area contributed by atoms with E-state index in [-0.39, 0.29) is 16.9 Å². The number of benzene rings is 1. The van der Waals surface area contributed by atoms with Crippen molar-refractivity contribution in [2.24, 2.45) is 23.7 Å². The van der Waals surface area contributed by atoms with Gasteiger partial charge in [-0.3, -0.25) is 4.79 Å². The zero-order chi connectivity index (χ0) is 14.6. The molecule has 5 aliphatic rings. The van der Waals surface area contributed by atoms with Gasteiger partial charge in [0.25, 0.3) is 0 Å². The lowest BCUT2D eigenvalue weighted by Crippen LogP contribution is -2.53. The first-order valence-electron chi connectivity index (χ1n) is 8.47. The van der Waals surface area contributed by atoms with E-state index in [0.717, 1.165) is 6.42 Å². The fourth-order valence-corrected chi connectivity index (χ4v) is 6.81. The molecule has 4 bridgehead atoms. The Bertz CT molecular complexity index is 764. The van der Waals surface area contributed by atoms with Gasteiger partial charge in [0.1, 0.15) is 0 Å². The number of rotatable bonds is 0. The average Bonchev–Trinajstić information content (AvgIpc) is 2.90. The second-order valence-electron chi connectivity index (χ2n) is 7.74. The number of phenolic OH excluding ortho intramolecular Hbond substituents is 1. The molecule has 22 heavy (non-hydrogen) atoms. The first kappa shape index (κ1) is 11.8. The van der Waals surface area contributed by atoms with Crippen LogP contribution >= 0.6 is 0 Å². The lowest BCUT2D eigenvalue weighted by atomic mass is 9.56. The van der Waals surface area contributed by atoms with E-state index < -0.39 is 6.10 Å². The fraction of sp³-hybridized carbons (Fsp3) is 0.526. The van der Waals surface area contributed by atoms with E-state index in [9.17, 15) is 9.90 Å². The molecule has 4 aliphatic carbocycles. The van der Waals surface area contributed by atoms with Crippen LogP contribution in [0.2, 0.25) is 0 Å². The van der Waals surface area contributed by atoms with Crippen LogP contribution in [0.1, 0.15) is 30.4 Å². The van der Waals surface area contributed by atoms with Gasteiger partial charge in [-0.2, -0.15) is 0 Å². The van der Waals surface area contributed by atoms with Crippen molar-refractivity contribution in [2.45, 2.75) is 37.2 Å². The van der Waals surface area contributed by atoms with Crippen molar-refractivity contribution >= 4 is 5.78 Å². The van der Waals surface area contributed by atoms with Gasteiger partial charge in [-0.15, -0.1) is 0 Å². The van der Waals surface area contributed by atoms with E-state index in [1.807, 2.05) is 0 Å². The number of carbonyl (C=O) groups excluding carboxylic acids is 1. The zero-order valence-electron chi connectivity index (χ0n) is 12.3. The third-order valence-electron chi connectivity index (χ3n) is 7.25. The highest BCUT2D eigenvalue weighted by Gasteiger charge is 2.72. The molecule has 1 spiro atoms. The minimum atomic E-state index is -0.402. The quantitative estimate of drug-likeness (QED) is 0.800. The smallest absolute Gasteiger partial charge is 0.196 e. The molecule has 0 amide bonds. The summed E-state index contributed by atoms with van der Waals surface area (Å²) < 4.78 is 6.12. The summed E-state index contributed by atoms with van der Waals surface area (Å²) in [6, 6.07) is 3.81. The predicted molar refractivity (Wildman–Crippen MR) is 79.9 cm³/mol. The Morgan fingerprint density at radius 1 is 1.23 bits per heavy atom. The van der Waals surface area contributed by atoms with Crippen molar-refractivity contribution in [3.05, 3.63) is 35.4 Å². The van der Waals surface area contributed by atoms with Crippen LogP contribution in [0.15, 0.2) is 24.3 Å². The summed E-state index contributed by atoms with van der Waals surface area (Å²) in [6.45, 7) is 0. The zero-order valence-corrected chi connectivity index (χ0v) is 12.3. The van der Waals surface area contributed by atoms with E-state index in [0.29, 0.717) is 29.4 Å². The van der Waals surface area contributed by atoms with Gasteiger partial charge in [-0.05, 0) is 60.6 Å². The third kappa shape index (κ3) is 0.982. The Hall–Kier alpha value is -1.77. The first-order chi connectivity index (χ1) is 10.7. The van der Waals surface area contributed by atoms with Gasteiger partial charge in [0.05, 0.1) is 5.41 Å². The number of fused-ring (bicyclic) bond motifs is 1. The number of hydrogen-bond donors (Lipinski definition) is 1. The maximum Gasteiger partial charge on any atom is 0.196 e. The Morgan fingerprint density at radius 3 is 3.05 bits per heavy atom. The van der Waals surface area contributed by atoms with Gasteiger partial charge in [0.2, 0.25) is 0 Å². The van der Waals surface area contributed by atoms with Crippen LogP contribution in [0, 0.1) is 23.7 Å². The van der Waals surface area contributed by atoms with Crippen LogP contribution in [0.25, 0.3) is 0 Å². The summed E-state index contributed by atoms with van der Waals surface area (Å²) in [5.74, 6) is 3.22. The molecule has 0 radical (unpaired) electrons. The molecule has 1 aromatic rings. The highest BCUT2D eigenvalue weighted by molar-refractivity contribution is 5.98. The number of ketones is 1. The van der Waals surface area contributed by atoms with Crippen molar-refractivity contribution < 1.29 is 14.6 Å². The number of phenols is 1. The molecule has 1 heterocycles. The number of allylic oxidation sites excluding steroid dienone is 1. The number of ether oxygens (including phenoxy) is 1. The van der Waals surface area contributed by atoms with Crippen molar-refractivity contribution in [2.75, 3.05) is 0 Å². The largest absolute Gasteiger partial charge is 0.504 e. The maximum atomic E-state index is 12.6. The van der Waals surface area contributed by atoms with Crippen LogP contribution in [0.3, 0.4) is 0 Å².